The minimum absolute atomic E-state index is 0.269. The average molecular weight is 278 g/mol. The second kappa shape index (κ2) is 6.07. The van der Waals surface area contributed by atoms with Crippen molar-refractivity contribution in [3.05, 3.63) is 27.0 Å². The number of aryl methyl sites for hydroxylation is 2. The molecule has 0 aromatic carbocycles. The molecule has 0 aliphatic rings. The van der Waals surface area contributed by atoms with Gasteiger partial charge < -0.3 is 0 Å². The van der Waals surface area contributed by atoms with E-state index in [9.17, 15) is 9.59 Å². The van der Waals surface area contributed by atoms with Gasteiger partial charge in [-0.3, -0.25) is 18.6 Å². The SMILES string of the molecule is CCCCCCn1c(=O)n(C)c(=O)c2cn(CC)nc21. The number of hydrogen-bond donors (Lipinski definition) is 0. The van der Waals surface area contributed by atoms with E-state index in [-0.39, 0.29) is 11.2 Å². The Balaban J connectivity index is 2.48. The zero-order valence-electron chi connectivity index (χ0n) is 12.4. The maximum absolute atomic E-state index is 12.2. The van der Waals surface area contributed by atoms with Crippen LogP contribution in [0.4, 0.5) is 0 Å². The number of fused-ring (bicyclic) bond motifs is 1. The molecule has 2 aromatic heterocycles. The predicted molar refractivity (Wildman–Crippen MR) is 79.1 cm³/mol. The Morgan fingerprint density at radius 2 is 1.90 bits per heavy atom. The normalized spacial score (nSPS) is 11.3. The van der Waals surface area contributed by atoms with Crippen LogP contribution >= 0.6 is 0 Å². The zero-order chi connectivity index (χ0) is 14.7. The number of aromatic nitrogens is 4. The van der Waals surface area contributed by atoms with Crippen LogP contribution in [0.2, 0.25) is 0 Å². The summed E-state index contributed by atoms with van der Waals surface area (Å²) in [6.45, 7) is 5.41. The standard InChI is InChI=1S/C14H22N4O2/c1-4-6-7-8-9-18-12-11(10-17(5-2)15-12)13(19)16(3)14(18)20/h10H,4-9H2,1-3H3. The van der Waals surface area contributed by atoms with Gasteiger partial charge in [-0.15, -0.1) is 0 Å². The van der Waals surface area contributed by atoms with Crippen molar-refractivity contribution in [2.75, 3.05) is 0 Å². The molecule has 0 unspecified atom stereocenters. The molecule has 2 rings (SSSR count). The van der Waals surface area contributed by atoms with Crippen molar-refractivity contribution in [2.45, 2.75) is 52.6 Å². The minimum atomic E-state index is -0.277. The van der Waals surface area contributed by atoms with Crippen molar-refractivity contribution in [2.24, 2.45) is 7.05 Å². The number of hydrogen-bond acceptors (Lipinski definition) is 3. The van der Waals surface area contributed by atoms with E-state index >= 15 is 0 Å². The Labute approximate surface area is 117 Å². The smallest absolute Gasteiger partial charge is 0.276 e. The third-order valence-corrected chi connectivity index (χ3v) is 3.61. The van der Waals surface area contributed by atoms with Gasteiger partial charge in [-0.1, -0.05) is 26.2 Å². The molecule has 0 saturated heterocycles. The van der Waals surface area contributed by atoms with Gasteiger partial charge in [0.05, 0.1) is 0 Å². The van der Waals surface area contributed by atoms with Crippen molar-refractivity contribution in [1.29, 1.82) is 0 Å². The molecule has 6 nitrogen and oxygen atoms in total. The van der Waals surface area contributed by atoms with Crippen molar-refractivity contribution in [1.82, 2.24) is 18.9 Å². The lowest BCUT2D eigenvalue weighted by Gasteiger charge is -2.08. The first-order valence-electron chi connectivity index (χ1n) is 7.27. The molecule has 0 aliphatic heterocycles. The van der Waals surface area contributed by atoms with Gasteiger partial charge in [0, 0.05) is 26.3 Å². The van der Waals surface area contributed by atoms with Crippen LogP contribution in [0.5, 0.6) is 0 Å². The Morgan fingerprint density at radius 1 is 1.15 bits per heavy atom. The Hall–Kier alpha value is -1.85. The molecule has 0 aliphatic carbocycles. The number of nitrogens with zero attached hydrogens (tertiary/aromatic N) is 4. The quantitative estimate of drug-likeness (QED) is 0.752. The maximum Gasteiger partial charge on any atom is 0.332 e. The number of rotatable bonds is 6. The van der Waals surface area contributed by atoms with Crippen LogP contribution < -0.4 is 11.2 Å². The van der Waals surface area contributed by atoms with Gasteiger partial charge in [0.15, 0.2) is 5.65 Å². The molecule has 0 saturated carbocycles. The molecule has 0 atom stereocenters. The van der Waals surface area contributed by atoms with E-state index in [1.165, 1.54) is 11.6 Å². The predicted octanol–water partition coefficient (Wildman–Crippen LogP) is 1.50. The van der Waals surface area contributed by atoms with Crippen molar-refractivity contribution in [3.63, 3.8) is 0 Å². The fourth-order valence-electron chi connectivity index (χ4n) is 2.36. The molecular formula is C14H22N4O2. The first kappa shape index (κ1) is 14.6. The zero-order valence-corrected chi connectivity index (χ0v) is 12.4. The summed E-state index contributed by atoms with van der Waals surface area (Å²) in [5, 5.41) is 4.88. The first-order chi connectivity index (χ1) is 9.60. The molecule has 0 fully saturated rings. The van der Waals surface area contributed by atoms with Crippen LogP contribution in [0.15, 0.2) is 15.8 Å². The van der Waals surface area contributed by atoms with Gasteiger partial charge in [-0.05, 0) is 13.3 Å². The lowest BCUT2D eigenvalue weighted by Crippen LogP contribution is -2.38. The Kier molecular flexibility index (Phi) is 4.42. The summed E-state index contributed by atoms with van der Waals surface area (Å²) in [7, 11) is 1.52. The van der Waals surface area contributed by atoms with E-state index in [4.69, 9.17) is 0 Å². The van der Waals surface area contributed by atoms with Crippen LogP contribution in [0.1, 0.15) is 39.5 Å². The molecule has 0 N–H and O–H groups in total. The highest BCUT2D eigenvalue weighted by Gasteiger charge is 2.13. The molecule has 0 amide bonds. The minimum Gasteiger partial charge on any atom is -0.276 e. The maximum atomic E-state index is 12.2. The second-order valence-electron chi connectivity index (χ2n) is 5.08. The fourth-order valence-corrected chi connectivity index (χ4v) is 2.36. The molecular weight excluding hydrogens is 256 g/mol. The van der Waals surface area contributed by atoms with Crippen LogP contribution in [-0.4, -0.2) is 18.9 Å². The first-order valence-corrected chi connectivity index (χ1v) is 7.27. The second-order valence-corrected chi connectivity index (χ2v) is 5.08. The van der Waals surface area contributed by atoms with E-state index in [2.05, 4.69) is 12.0 Å². The molecule has 110 valence electrons. The van der Waals surface area contributed by atoms with Crippen LogP contribution in [0.3, 0.4) is 0 Å². The van der Waals surface area contributed by atoms with Gasteiger partial charge in [-0.2, -0.15) is 5.10 Å². The summed E-state index contributed by atoms with van der Waals surface area (Å²) in [6.07, 6.45) is 6.05. The molecule has 20 heavy (non-hydrogen) atoms. The van der Waals surface area contributed by atoms with Crippen molar-refractivity contribution in [3.8, 4) is 0 Å². The third kappa shape index (κ3) is 2.55. The Bertz CT molecular complexity index is 708. The Morgan fingerprint density at radius 3 is 2.55 bits per heavy atom. The monoisotopic (exact) mass is 278 g/mol. The highest BCUT2D eigenvalue weighted by molar-refractivity contribution is 5.73. The summed E-state index contributed by atoms with van der Waals surface area (Å²) < 4.78 is 4.50. The van der Waals surface area contributed by atoms with Crippen LogP contribution in [-0.2, 0) is 20.1 Å². The highest BCUT2D eigenvalue weighted by atomic mass is 16.2. The summed E-state index contributed by atoms with van der Waals surface area (Å²) in [5.41, 5.74) is -0.0358. The molecule has 6 heteroatoms. The molecule has 0 bridgehead atoms. The van der Waals surface area contributed by atoms with Gasteiger partial charge in [0.1, 0.15) is 5.39 Å². The molecule has 0 radical (unpaired) electrons. The molecule has 0 spiro atoms. The summed E-state index contributed by atoms with van der Waals surface area (Å²) in [6, 6.07) is 0. The topological polar surface area (TPSA) is 61.8 Å². The lowest BCUT2D eigenvalue weighted by molar-refractivity contribution is 0.550. The summed E-state index contributed by atoms with van der Waals surface area (Å²) in [4.78, 5) is 24.3. The molecule has 2 aromatic rings. The van der Waals surface area contributed by atoms with Crippen molar-refractivity contribution >= 4 is 11.0 Å². The van der Waals surface area contributed by atoms with E-state index in [0.29, 0.717) is 24.1 Å². The fraction of sp³-hybridized carbons (Fsp3) is 0.643. The van der Waals surface area contributed by atoms with Crippen LogP contribution in [0.25, 0.3) is 11.0 Å². The third-order valence-electron chi connectivity index (χ3n) is 3.61. The lowest BCUT2D eigenvalue weighted by atomic mass is 10.2. The van der Waals surface area contributed by atoms with E-state index in [1.807, 2.05) is 6.92 Å². The summed E-state index contributed by atoms with van der Waals surface area (Å²) in [5.74, 6) is 0. The van der Waals surface area contributed by atoms with E-state index in [1.54, 1.807) is 15.4 Å². The van der Waals surface area contributed by atoms with Gasteiger partial charge >= 0.3 is 5.69 Å². The average Bonchev–Trinajstić information content (AvgIpc) is 2.88. The van der Waals surface area contributed by atoms with Crippen LogP contribution in [0, 0.1) is 0 Å². The summed E-state index contributed by atoms with van der Waals surface area (Å²) >= 11 is 0. The molecule has 2 heterocycles. The van der Waals surface area contributed by atoms with E-state index in [0.717, 1.165) is 25.7 Å². The van der Waals surface area contributed by atoms with E-state index < -0.39 is 0 Å². The van der Waals surface area contributed by atoms with Crippen molar-refractivity contribution < 1.29 is 0 Å². The highest BCUT2D eigenvalue weighted by Crippen LogP contribution is 2.08. The number of unbranched alkanes of at least 4 members (excludes halogenated alkanes) is 3. The van der Waals surface area contributed by atoms with Gasteiger partial charge in [-0.25, -0.2) is 4.79 Å². The largest absolute Gasteiger partial charge is 0.332 e. The van der Waals surface area contributed by atoms with Gasteiger partial charge in [0.25, 0.3) is 5.56 Å². The van der Waals surface area contributed by atoms with Gasteiger partial charge in [0.2, 0.25) is 0 Å².